The third kappa shape index (κ3) is 6.36. The van der Waals surface area contributed by atoms with Gasteiger partial charge < -0.3 is 5.11 Å². The lowest BCUT2D eigenvalue weighted by molar-refractivity contribution is -0.137. The molecule has 1 saturated heterocycles. The first-order valence-corrected chi connectivity index (χ1v) is 7.31. The highest BCUT2D eigenvalue weighted by atomic mass is 16.4. The first kappa shape index (κ1) is 15.4. The molecule has 0 spiro atoms. The number of carboxylic acid groups (broad SMARTS) is 1. The predicted octanol–water partition coefficient (Wildman–Crippen LogP) is 2.44. The third-order valence-electron chi connectivity index (χ3n) is 3.48. The topological polar surface area (TPSA) is 52.6 Å². The summed E-state index contributed by atoms with van der Waals surface area (Å²) in [5.74, 6) is -0.674. The normalized spacial score (nSPS) is 21.4. The maximum absolute atomic E-state index is 10.4. The van der Waals surface area contributed by atoms with E-state index in [1.807, 2.05) is 0 Å². The molecule has 1 fully saturated rings. The molecule has 0 saturated carbocycles. The zero-order valence-electron chi connectivity index (χ0n) is 11.8. The number of carboxylic acids is 1. The Morgan fingerprint density at radius 2 is 2.11 bits per heavy atom. The Morgan fingerprint density at radius 3 is 2.78 bits per heavy atom. The number of hydrogen-bond acceptors (Lipinski definition) is 3. The van der Waals surface area contributed by atoms with Crippen molar-refractivity contribution in [3.05, 3.63) is 0 Å². The van der Waals surface area contributed by atoms with Crippen LogP contribution in [0.3, 0.4) is 0 Å². The molecule has 106 valence electrons. The van der Waals surface area contributed by atoms with E-state index in [2.05, 4.69) is 24.1 Å². The zero-order valence-corrected chi connectivity index (χ0v) is 11.8. The predicted molar refractivity (Wildman–Crippen MR) is 73.6 cm³/mol. The monoisotopic (exact) mass is 256 g/mol. The van der Waals surface area contributed by atoms with E-state index < -0.39 is 5.97 Å². The van der Waals surface area contributed by atoms with Crippen molar-refractivity contribution in [3.63, 3.8) is 0 Å². The van der Waals surface area contributed by atoms with Crippen molar-refractivity contribution < 1.29 is 9.90 Å². The molecule has 0 aromatic carbocycles. The number of nitrogens with one attached hydrogen (secondary N) is 1. The van der Waals surface area contributed by atoms with Crippen LogP contribution in [0.15, 0.2) is 0 Å². The van der Waals surface area contributed by atoms with Gasteiger partial charge in [-0.3, -0.25) is 15.0 Å². The Balaban J connectivity index is 2.18. The molecule has 0 aliphatic carbocycles. The summed E-state index contributed by atoms with van der Waals surface area (Å²) in [7, 11) is 0. The van der Waals surface area contributed by atoms with E-state index in [1.165, 1.54) is 25.8 Å². The number of carbonyl (C=O) groups is 1. The summed E-state index contributed by atoms with van der Waals surface area (Å²) in [6, 6.07) is 0.530. The molecule has 2 N–H and O–H groups in total. The maximum atomic E-state index is 10.4. The van der Waals surface area contributed by atoms with Gasteiger partial charge in [-0.2, -0.15) is 0 Å². The Hall–Kier alpha value is -0.610. The molecule has 4 nitrogen and oxygen atoms in total. The van der Waals surface area contributed by atoms with Gasteiger partial charge >= 0.3 is 5.97 Å². The standard InChI is InChI=1S/C14H28N2O2/c1-12(2)15-13-8-5-7-11-16(13)10-6-3-4-9-14(17)18/h12-13,15H,3-11H2,1-2H3,(H,17,18)/t13-/m1/s1. The molecule has 0 unspecified atom stereocenters. The van der Waals surface area contributed by atoms with E-state index in [9.17, 15) is 4.79 Å². The average Bonchev–Trinajstić information content (AvgIpc) is 2.29. The molecule has 18 heavy (non-hydrogen) atoms. The first-order valence-electron chi connectivity index (χ1n) is 7.31. The Kier molecular flexibility index (Phi) is 7.28. The van der Waals surface area contributed by atoms with E-state index in [1.54, 1.807) is 0 Å². The van der Waals surface area contributed by atoms with Gasteiger partial charge in [-0.25, -0.2) is 0 Å². The minimum Gasteiger partial charge on any atom is -0.481 e. The number of unbranched alkanes of at least 4 members (excludes halogenated alkanes) is 2. The van der Waals surface area contributed by atoms with Crippen LogP contribution >= 0.6 is 0 Å². The van der Waals surface area contributed by atoms with E-state index >= 15 is 0 Å². The molecule has 4 heteroatoms. The number of piperidine rings is 1. The van der Waals surface area contributed by atoms with Crippen LogP contribution in [0.25, 0.3) is 0 Å². The second kappa shape index (κ2) is 8.48. The quantitative estimate of drug-likeness (QED) is 0.655. The lowest BCUT2D eigenvalue weighted by atomic mass is 10.1. The fourth-order valence-electron chi connectivity index (χ4n) is 2.60. The lowest BCUT2D eigenvalue weighted by Crippen LogP contribution is -2.51. The smallest absolute Gasteiger partial charge is 0.303 e. The Labute approximate surface area is 111 Å². The van der Waals surface area contributed by atoms with Crippen LogP contribution in [0.4, 0.5) is 0 Å². The number of likely N-dealkylation sites (tertiary alicyclic amines) is 1. The number of nitrogens with zero attached hydrogens (tertiary/aromatic N) is 1. The van der Waals surface area contributed by atoms with Gasteiger partial charge in [0.25, 0.3) is 0 Å². The van der Waals surface area contributed by atoms with Crippen LogP contribution in [0.2, 0.25) is 0 Å². The summed E-state index contributed by atoms with van der Waals surface area (Å²) in [6.07, 6.45) is 7.65. The summed E-state index contributed by atoms with van der Waals surface area (Å²) in [6.45, 7) is 6.67. The van der Waals surface area contributed by atoms with E-state index in [0.717, 1.165) is 25.8 Å². The van der Waals surface area contributed by atoms with Crippen molar-refractivity contribution in [2.45, 2.75) is 71.0 Å². The minimum atomic E-state index is -0.674. The highest BCUT2D eigenvalue weighted by Gasteiger charge is 2.21. The van der Waals surface area contributed by atoms with E-state index in [-0.39, 0.29) is 0 Å². The molecule has 1 rings (SSSR count). The SMILES string of the molecule is CC(C)N[C@H]1CCCCN1CCCCCC(=O)O. The van der Waals surface area contributed by atoms with Gasteiger partial charge in [-0.15, -0.1) is 0 Å². The van der Waals surface area contributed by atoms with Crippen LogP contribution in [-0.2, 0) is 4.79 Å². The van der Waals surface area contributed by atoms with Crippen molar-refractivity contribution in [1.29, 1.82) is 0 Å². The molecule has 0 aromatic rings. The highest BCUT2D eigenvalue weighted by Crippen LogP contribution is 2.16. The van der Waals surface area contributed by atoms with Gasteiger partial charge in [0.05, 0.1) is 6.17 Å². The van der Waals surface area contributed by atoms with Crippen molar-refractivity contribution in [2.24, 2.45) is 0 Å². The van der Waals surface area contributed by atoms with Crippen LogP contribution in [0.5, 0.6) is 0 Å². The summed E-state index contributed by atoms with van der Waals surface area (Å²) in [5, 5.41) is 12.2. The summed E-state index contributed by atoms with van der Waals surface area (Å²) < 4.78 is 0. The molecule has 0 aromatic heterocycles. The molecule has 1 heterocycles. The maximum Gasteiger partial charge on any atom is 0.303 e. The summed E-state index contributed by atoms with van der Waals surface area (Å²) >= 11 is 0. The number of hydrogen-bond donors (Lipinski definition) is 2. The molecular weight excluding hydrogens is 228 g/mol. The van der Waals surface area contributed by atoms with Crippen molar-refractivity contribution in [3.8, 4) is 0 Å². The molecule has 0 radical (unpaired) electrons. The van der Waals surface area contributed by atoms with Crippen LogP contribution < -0.4 is 5.32 Å². The molecular formula is C14H28N2O2. The van der Waals surface area contributed by atoms with Gasteiger partial charge in [0.2, 0.25) is 0 Å². The largest absolute Gasteiger partial charge is 0.481 e. The van der Waals surface area contributed by atoms with Crippen LogP contribution in [-0.4, -0.2) is 41.3 Å². The van der Waals surface area contributed by atoms with Gasteiger partial charge in [-0.1, -0.05) is 6.42 Å². The fourth-order valence-corrected chi connectivity index (χ4v) is 2.60. The Bertz CT molecular complexity index is 244. The van der Waals surface area contributed by atoms with Crippen LogP contribution in [0, 0.1) is 0 Å². The fraction of sp³-hybridized carbons (Fsp3) is 0.929. The summed E-state index contributed by atoms with van der Waals surface area (Å²) in [4.78, 5) is 12.9. The number of aliphatic carboxylic acids is 1. The van der Waals surface area contributed by atoms with Crippen molar-refractivity contribution in [1.82, 2.24) is 10.2 Å². The molecule has 1 aliphatic heterocycles. The molecule has 1 aliphatic rings. The second-order valence-corrected chi connectivity index (χ2v) is 5.57. The van der Waals surface area contributed by atoms with Crippen molar-refractivity contribution >= 4 is 5.97 Å². The second-order valence-electron chi connectivity index (χ2n) is 5.57. The highest BCUT2D eigenvalue weighted by molar-refractivity contribution is 5.66. The van der Waals surface area contributed by atoms with Gasteiger partial charge in [0.1, 0.15) is 0 Å². The Morgan fingerprint density at radius 1 is 1.33 bits per heavy atom. The third-order valence-corrected chi connectivity index (χ3v) is 3.48. The van der Waals surface area contributed by atoms with Gasteiger partial charge in [-0.05, 0) is 59.0 Å². The van der Waals surface area contributed by atoms with Gasteiger partial charge in [0.15, 0.2) is 0 Å². The van der Waals surface area contributed by atoms with Crippen LogP contribution in [0.1, 0.15) is 58.8 Å². The number of rotatable bonds is 8. The average molecular weight is 256 g/mol. The van der Waals surface area contributed by atoms with Gasteiger partial charge in [0, 0.05) is 12.5 Å². The molecule has 0 bridgehead atoms. The molecule has 1 atom stereocenters. The zero-order chi connectivity index (χ0) is 13.4. The van der Waals surface area contributed by atoms with E-state index in [4.69, 9.17) is 5.11 Å². The van der Waals surface area contributed by atoms with Crippen molar-refractivity contribution in [2.75, 3.05) is 13.1 Å². The first-order chi connectivity index (χ1) is 8.59. The summed E-state index contributed by atoms with van der Waals surface area (Å²) in [5.41, 5.74) is 0. The lowest BCUT2D eigenvalue weighted by Gasteiger charge is -2.37. The van der Waals surface area contributed by atoms with E-state index in [0.29, 0.717) is 18.6 Å². The molecule has 0 amide bonds. The minimum absolute atomic E-state index is 0.313.